The summed E-state index contributed by atoms with van der Waals surface area (Å²) in [6.07, 6.45) is -1.03. The maximum absolute atomic E-state index is 13.1. The molecule has 1 aliphatic heterocycles. The molecule has 1 heterocycles. The van der Waals surface area contributed by atoms with Crippen LogP contribution >= 0.6 is 24.0 Å². The molecule has 8 nitrogen and oxygen atoms in total. The number of ether oxygens (including phenoxy) is 1. The van der Waals surface area contributed by atoms with E-state index in [1.807, 2.05) is 29.8 Å². The number of amides is 2. The number of benzene rings is 2. The Bertz CT molecular complexity index is 1120. The number of para-hydroxylation sites is 1. The zero-order chi connectivity index (χ0) is 23.7. The van der Waals surface area contributed by atoms with Gasteiger partial charge in [-0.05, 0) is 39.0 Å². The number of hydrogen-bond donors (Lipinski definition) is 1. The molecule has 2 aromatic carbocycles. The summed E-state index contributed by atoms with van der Waals surface area (Å²) in [4.78, 5) is 14.2. The van der Waals surface area contributed by atoms with Crippen LogP contribution in [0.2, 0.25) is 0 Å². The number of urea groups is 1. The number of methoxy groups -OCH3 is 1. The van der Waals surface area contributed by atoms with Gasteiger partial charge in [0.1, 0.15) is 16.2 Å². The lowest BCUT2D eigenvalue weighted by Gasteiger charge is -2.44. The van der Waals surface area contributed by atoms with Gasteiger partial charge in [0.15, 0.2) is 0 Å². The van der Waals surface area contributed by atoms with Crippen LogP contribution in [0.3, 0.4) is 0 Å². The largest absolute Gasteiger partial charge is 0.753 e. The highest BCUT2D eigenvalue weighted by Crippen LogP contribution is 2.43. The van der Waals surface area contributed by atoms with E-state index in [0.717, 1.165) is 11.1 Å². The van der Waals surface area contributed by atoms with Crippen molar-refractivity contribution in [1.29, 1.82) is 0 Å². The van der Waals surface area contributed by atoms with Gasteiger partial charge in [0.25, 0.3) is 10.0 Å². The van der Waals surface area contributed by atoms with Crippen molar-refractivity contribution in [2.24, 2.45) is 0 Å². The molecule has 1 atom stereocenters. The van der Waals surface area contributed by atoms with Gasteiger partial charge in [-0.1, -0.05) is 59.9 Å². The van der Waals surface area contributed by atoms with E-state index >= 15 is 0 Å². The first-order valence-electron chi connectivity index (χ1n) is 9.67. The molecule has 0 unspecified atom stereocenters. The fourth-order valence-corrected chi connectivity index (χ4v) is 6.24. The van der Waals surface area contributed by atoms with Gasteiger partial charge >= 0.3 is 6.03 Å². The highest BCUT2D eigenvalue weighted by molar-refractivity contribution is 8.24. The van der Waals surface area contributed by atoms with E-state index in [4.69, 9.17) is 17.0 Å². The topological polar surface area (TPSA) is 102 Å². The second-order valence-electron chi connectivity index (χ2n) is 7.83. The first-order chi connectivity index (χ1) is 15.0. The normalized spacial score (nSPS) is 17.8. The highest BCUT2D eigenvalue weighted by atomic mass is 32.2. The zero-order valence-electron chi connectivity index (χ0n) is 18.1. The Balaban J connectivity index is 1.86. The Hall–Kier alpha value is -2.34. The monoisotopic (exact) mass is 494 g/mol. The first-order valence-corrected chi connectivity index (χ1v) is 12.4. The van der Waals surface area contributed by atoms with Crippen molar-refractivity contribution in [2.45, 2.75) is 43.1 Å². The molecule has 32 heavy (non-hydrogen) atoms. The van der Waals surface area contributed by atoms with Crippen molar-refractivity contribution in [1.82, 2.24) is 14.7 Å². The van der Waals surface area contributed by atoms with Gasteiger partial charge in [-0.2, -0.15) is 0 Å². The molecule has 172 valence electrons. The van der Waals surface area contributed by atoms with Crippen LogP contribution in [0.4, 0.5) is 4.79 Å². The summed E-state index contributed by atoms with van der Waals surface area (Å²) in [6, 6.07) is 12.0. The van der Waals surface area contributed by atoms with Crippen molar-refractivity contribution < 1.29 is 17.9 Å². The van der Waals surface area contributed by atoms with Gasteiger partial charge in [0, 0.05) is 12.1 Å². The Labute approximate surface area is 197 Å². The molecule has 0 aliphatic carbocycles. The fourth-order valence-electron chi connectivity index (χ4n) is 3.44. The van der Waals surface area contributed by atoms with Crippen LogP contribution in [-0.2, 0) is 16.6 Å². The van der Waals surface area contributed by atoms with Gasteiger partial charge in [-0.15, -0.1) is 0 Å². The van der Waals surface area contributed by atoms with Crippen molar-refractivity contribution in [3.8, 4) is 5.75 Å². The van der Waals surface area contributed by atoms with E-state index < -0.39 is 27.0 Å². The smallest absolute Gasteiger partial charge is 0.322 e. The van der Waals surface area contributed by atoms with Gasteiger partial charge in [-0.3, -0.25) is 0 Å². The SMILES string of the molecule is COc1ccccc1CN1C(=S)SC(C)(C)[C@H]1N([O-])C(=O)NS(=O)(=O)c1ccc(C)cc1. The molecule has 11 heteroatoms. The molecule has 2 aromatic rings. The summed E-state index contributed by atoms with van der Waals surface area (Å²) in [7, 11) is -2.67. The van der Waals surface area contributed by atoms with Crippen molar-refractivity contribution in [2.75, 3.05) is 7.11 Å². The Morgan fingerprint density at radius 2 is 1.88 bits per heavy atom. The van der Waals surface area contributed by atoms with Crippen LogP contribution in [0.15, 0.2) is 53.4 Å². The van der Waals surface area contributed by atoms with Crippen molar-refractivity contribution in [3.63, 3.8) is 0 Å². The molecule has 0 aromatic heterocycles. The molecule has 0 spiro atoms. The third-order valence-electron chi connectivity index (χ3n) is 5.01. The quantitative estimate of drug-likeness (QED) is 0.477. The molecule has 0 radical (unpaired) electrons. The van der Waals surface area contributed by atoms with Crippen LogP contribution in [0.1, 0.15) is 25.0 Å². The average molecular weight is 495 g/mol. The maximum Gasteiger partial charge on any atom is 0.322 e. The standard InChI is InChI=1S/C21H24N3O5S3/c1-14-9-11-16(12-10-14)32(27,28)22-19(25)24(26)18-21(2,3)31-20(30)23(18)13-15-7-5-6-8-17(15)29-4/h5-12,18H,13H2,1-4H3,(H,22,25)/q-1/t18-/m1/s1. The molecule has 3 rings (SSSR count). The van der Waals surface area contributed by atoms with Crippen LogP contribution < -0.4 is 9.46 Å². The third-order valence-corrected chi connectivity index (χ3v) is 7.98. The minimum absolute atomic E-state index is 0.105. The predicted molar refractivity (Wildman–Crippen MR) is 129 cm³/mol. The lowest BCUT2D eigenvalue weighted by atomic mass is 10.1. The Kier molecular flexibility index (Phi) is 7.03. The van der Waals surface area contributed by atoms with Gasteiger partial charge in [0.2, 0.25) is 0 Å². The minimum atomic E-state index is -4.21. The summed E-state index contributed by atoms with van der Waals surface area (Å²) < 4.78 is 32.1. The van der Waals surface area contributed by atoms with Crippen LogP contribution in [0, 0.1) is 12.1 Å². The van der Waals surface area contributed by atoms with E-state index in [1.54, 1.807) is 44.1 Å². The Morgan fingerprint density at radius 3 is 2.50 bits per heavy atom. The second kappa shape index (κ2) is 9.26. The number of thioether (sulfide) groups is 1. The number of nitrogens with one attached hydrogen (secondary N) is 1. The Morgan fingerprint density at radius 1 is 1.25 bits per heavy atom. The molecular formula is C21H24N3O5S3-. The fraction of sp³-hybridized carbons (Fsp3) is 0.333. The highest BCUT2D eigenvalue weighted by Gasteiger charge is 2.47. The summed E-state index contributed by atoms with van der Waals surface area (Å²) in [5.41, 5.74) is 1.65. The third kappa shape index (κ3) is 5.01. The number of rotatable bonds is 6. The van der Waals surface area contributed by atoms with E-state index in [1.165, 1.54) is 23.9 Å². The van der Waals surface area contributed by atoms with Gasteiger partial charge in [-0.25, -0.2) is 17.9 Å². The van der Waals surface area contributed by atoms with Gasteiger partial charge < -0.3 is 19.9 Å². The van der Waals surface area contributed by atoms with Crippen LogP contribution in [0.25, 0.3) is 0 Å². The molecule has 0 saturated carbocycles. The number of aryl methyl sites for hydroxylation is 1. The molecule has 1 N–H and O–H groups in total. The summed E-state index contributed by atoms with van der Waals surface area (Å²) in [5.74, 6) is 0.618. The first kappa shape index (κ1) is 24.3. The summed E-state index contributed by atoms with van der Waals surface area (Å²) in [5, 5.41) is 13.3. The van der Waals surface area contributed by atoms with Crippen molar-refractivity contribution >= 4 is 44.4 Å². The molecule has 1 fully saturated rings. The lowest BCUT2D eigenvalue weighted by molar-refractivity contribution is 0.131. The maximum atomic E-state index is 13.1. The van der Waals surface area contributed by atoms with Gasteiger partial charge in [0.05, 0.1) is 16.8 Å². The number of hydrogen-bond acceptors (Lipinski definition) is 7. The number of thiocarbonyl (C=S) groups is 1. The second-order valence-corrected chi connectivity index (χ2v) is 11.8. The average Bonchev–Trinajstić information content (AvgIpc) is 2.95. The van der Waals surface area contributed by atoms with Crippen molar-refractivity contribution in [3.05, 3.63) is 64.9 Å². The van der Waals surface area contributed by atoms with E-state index in [-0.39, 0.29) is 16.5 Å². The number of nitrogens with zero attached hydrogens (tertiary/aromatic N) is 2. The molecular weight excluding hydrogens is 470 g/mol. The van der Waals surface area contributed by atoms with E-state index in [0.29, 0.717) is 10.1 Å². The number of carbonyl (C=O) groups excluding carboxylic acids is 1. The van der Waals surface area contributed by atoms with Crippen LogP contribution in [0.5, 0.6) is 5.75 Å². The van der Waals surface area contributed by atoms with Crippen LogP contribution in [-0.4, -0.2) is 46.8 Å². The van der Waals surface area contributed by atoms with E-state index in [2.05, 4.69) is 0 Å². The lowest BCUT2D eigenvalue weighted by Crippen LogP contribution is -2.56. The molecule has 2 amide bonds. The van der Waals surface area contributed by atoms with E-state index in [9.17, 15) is 18.4 Å². The zero-order valence-corrected chi connectivity index (χ0v) is 20.5. The predicted octanol–water partition coefficient (Wildman–Crippen LogP) is 3.84. The number of carbonyl (C=O) groups is 1. The minimum Gasteiger partial charge on any atom is -0.753 e. The number of sulfonamides is 1. The molecule has 1 saturated heterocycles. The summed E-state index contributed by atoms with van der Waals surface area (Å²) >= 11 is 6.76. The molecule has 1 aliphatic rings. The summed E-state index contributed by atoms with van der Waals surface area (Å²) in [6.45, 7) is 5.60. The number of hydroxylamine groups is 2. The molecule has 0 bridgehead atoms.